The maximum atomic E-state index is 6.30. The van der Waals surface area contributed by atoms with Crippen LogP contribution >= 0.6 is 11.6 Å². The highest BCUT2D eigenvalue weighted by molar-refractivity contribution is 6.31. The van der Waals surface area contributed by atoms with Crippen LogP contribution in [0.25, 0.3) is 5.69 Å². The lowest BCUT2D eigenvalue weighted by Crippen LogP contribution is -2.45. The van der Waals surface area contributed by atoms with Gasteiger partial charge in [0.1, 0.15) is 12.1 Å². The van der Waals surface area contributed by atoms with Crippen molar-refractivity contribution in [2.45, 2.75) is 13.1 Å². The first kappa shape index (κ1) is 18.9. The summed E-state index contributed by atoms with van der Waals surface area (Å²) in [7, 11) is 1.68. The summed E-state index contributed by atoms with van der Waals surface area (Å²) in [6.45, 7) is 5.65. The first-order chi connectivity index (χ1) is 13.7. The zero-order valence-electron chi connectivity index (χ0n) is 16.0. The number of methoxy groups -OCH3 is 1. The van der Waals surface area contributed by atoms with Crippen LogP contribution in [0, 0.1) is 0 Å². The number of halogens is 1. The molecule has 2 aromatic carbocycles. The Morgan fingerprint density at radius 2 is 1.61 bits per heavy atom. The predicted octanol–water partition coefficient (Wildman–Crippen LogP) is 3.25. The molecule has 0 aliphatic carbocycles. The highest BCUT2D eigenvalue weighted by atomic mass is 35.5. The second kappa shape index (κ2) is 8.73. The quantitative estimate of drug-likeness (QED) is 0.639. The molecule has 0 atom stereocenters. The minimum atomic E-state index is 0.762. The van der Waals surface area contributed by atoms with Gasteiger partial charge in [-0.25, -0.2) is 0 Å². The fourth-order valence-corrected chi connectivity index (χ4v) is 3.77. The molecule has 1 aliphatic rings. The van der Waals surface area contributed by atoms with Crippen LogP contribution in [0.1, 0.15) is 11.4 Å². The Hall–Kier alpha value is -2.41. The normalized spacial score (nSPS) is 15.6. The molecule has 2 heterocycles. The van der Waals surface area contributed by atoms with Gasteiger partial charge < -0.3 is 4.74 Å². The standard InChI is InChI=1S/C21H24ClN5O/c1-28-20-9-5-4-8-19(20)27-16-23-24-21(27)15-26-12-10-25(11-13-26)14-17-6-2-3-7-18(17)22/h2-9,16H,10-15H2,1H3. The van der Waals surface area contributed by atoms with Crippen molar-refractivity contribution in [3.63, 3.8) is 0 Å². The highest BCUT2D eigenvalue weighted by Crippen LogP contribution is 2.23. The summed E-state index contributed by atoms with van der Waals surface area (Å²) in [5.74, 6) is 1.73. The SMILES string of the molecule is COc1ccccc1-n1cnnc1CN1CCN(Cc2ccccc2Cl)CC1. The van der Waals surface area contributed by atoms with E-state index in [-0.39, 0.29) is 0 Å². The zero-order valence-corrected chi connectivity index (χ0v) is 16.7. The predicted molar refractivity (Wildman–Crippen MR) is 110 cm³/mol. The summed E-state index contributed by atoms with van der Waals surface area (Å²) in [5.41, 5.74) is 2.15. The third-order valence-corrected chi connectivity index (χ3v) is 5.51. The van der Waals surface area contributed by atoms with Gasteiger partial charge in [-0.2, -0.15) is 0 Å². The Labute approximate surface area is 170 Å². The number of rotatable bonds is 6. The maximum Gasteiger partial charge on any atom is 0.151 e. The minimum absolute atomic E-state index is 0.762. The molecule has 1 saturated heterocycles. The number of nitrogens with zero attached hydrogens (tertiary/aromatic N) is 5. The van der Waals surface area contributed by atoms with Crippen molar-refractivity contribution in [1.82, 2.24) is 24.6 Å². The molecule has 0 spiro atoms. The molecule has 6 nitrogen and oxygen atoms in total. The Kier molecular flexibility index (Phi) is 5.90. The van der Waals surface area contributed by atoms with E-state index in [4.69, 9.17) is 16.3 Å². The Bertz CT molecular complexity index is 920. The summed E-state index contributed by atoms with van der Waals surface area (Å²) in [5, 5.41) is 9.31. The Balaban J connectivity index is 1.38. The monoisotopic (exact) mass is 397 g/mol. The van der Waals surface area contributed by atoms with Crippen molar-refractivity contribution in [3.05, 3.63) is 71.3 Å². The van der Waals surface area contributed by atoms with E-state index in [0.29, 0.717) is 0 Å². The molecule has 4 rings (SSSR count). The van der Waals surface area contributed by atoms with Gasteiger partial charge in [-0.15, -0.1) is 10.2 Å². The van der Waals surface area contributed by atoms with Crippen LogP contribution in [0.5, 0.6) is 5.75 Å². The maximum absolute atomic E-state index is 6.30. The number of benzene rings is 2. The first-order valence-corrected chi connectivity index (χ1v) is 9.83. The average molecular weight is 398 g/mol. The number of piperazine rings is 1. The molecule has 1 fully saturated rings. The van der Waals surface area contributed by atoms with E-state index in [1.165, 1.54) is 5.56 Å². The van der Waals surface area contributed by atoms with Gasteiger partial charge in [0, 0.05) is 37.7 Å². The summed E-state index contributed by atoms with van der Waals surface area (Å²) < 4.78 is 7.50. The molecule has 0 N–H and O–H groups in total. The zero-order chi connectivity index (χ0) is 19.3. The lowest BCUT2D eigenvalue weighted by molar-refractivity contribution is 0.119. The summed E-state index contributed by atoms with van der Waals surface area (Å²) >= 11 is 6.30. The molecule has 0 radical (unpaired) electrons. The molecule has 3 aromatic rings. The van der Waals surface area contributed by atoms with E-state index in [9.17, 15) is 0 Å². The van der Waals surface area contributed by atoms with Crippen molar-refractivity contribution in [2.75, 3.05) is 33.3 Å². The first-order valence-electron chi connectivity index (χ1n) is 9.45. The third-order valence-electron chi connectivity index (χ3n) is 5.14. The third kappa shape index (κ3) is 4.19. The molecule has 146 valence electrons. The number of ether oxygens (including phenoxy) is 1. The van der Waals surface area contributed by atoms with Gasteiger partial charge in [0.25, 0.3) is 0 Å². The number of aromatic nitrogens is 3. The van der Waals surface area contributed by atoms with Crippen molar-refractivity contribution >= 4 is 11.6 Å². The molecule has 0 saturated carbocycles. The fourth-order valence-electron chi connectivity index (χ4n) is 3.57. The molecule has 28 heavy (non-hydrogen) atoms. The van der Waals surface area contributed by atoms with Crippen LogP contribution in [0.15, 0.2) is 54.9 Å². The topological polar surface area (TPSA) is 46.4 Å². The fraction of sp³-hybridized carbons (Fsp3) is 0.333. The minimum Gasteiger partial charge on any atom is -0.495 e. The molecule has 0 unspecified atom stereocenters. The second-order valence-corrected chi connectivity index (χ2v) is 7.34. The van der Waals surface area contributed by atoms with Crippen LogP contribution in [0.4, 0.5) is 0 Å². The van der Waals surface area contributed by atoms with Crippen LogP contribution in [-0.2, 0) is 13.1 Å². The Morgan fingerprint density at radius 3 is 2.36 bits per heavy atom. The number of hydrogen-bond donors (Lipinski definition) is 0. The summed E-state index contributed by atoms with van der Waals surface area (Å²) in [6.07, 6.45) is 1.75. The summed E-state index contributed by atoms with van der Waals surface area (Å²) in [4.78, 5) is 4.86. The lowest BCUT2D eigenvalue weighted by atomic mass is 10.2. The molecule has 1 aliphatic heterocycles. The second-order valence-electron chi connectivity index (χ2n) is 6.93. The van der Waals surface area contributed by atoms with E-state index >= 15 is 0 Å². The van der Waals surface area contributed by atoms with Crippen molar-refractivity contribution in [2.24, 2.45) is 0 Å². The summed E-state index contributed by atoms with van der Waals surface area (Å²) in [6, 6.07) is 16.0. The van der Waals surface area contributed by atoms with E-state index in [2.05, 4.69) is 26.1 Å². The van der Waals surface area contributed by atoms with Gasteiger partial charge in [0.05, 0.1) is 19.3 Å². The average Bonchev–Trinajstić information content (AvgIpc) is 3.19. The van der Waals surface area contributed by atoms with Crippen LogP contribution < -0.4 is 4.74 Å². The van der Waals surface area contributed by atoms with Gasteiger partial charge in [0.2, 0.25) is 0 Å². The van der Waals surface area contributed by atoms with E-state index in [0.717, 1.165) is 61.6 Å². The highest BCUT2D eigenvalue weighted by Gasteiger charge is 2.20. The molecular weight excluding hydrogens is 374 g/mol. The van der Waals surface area contributed by atoms with Gasteiger partial charge in [0.15, 0.2) is 5.82 Å². The molecule has 0 bridgehead atoms. The number of para-hydroxylation sites is 2. The van der Waals surface area contributed by atoms with Gasteiger partial charge in [-0.05, 0) is 23.8 Å². The Morgan fingerprint density at radius 1 is 0.929 bits per heavy atom. The van der Waals surface area contributed by atoms with Crippen LogP contribution in [-0.4, -0.2) is 57.9 Å². The van der Waals surface area contributed by atoms with E-state index < -0.39 is 0 Å². The van der Waals surface area contributed by atoms with E-state index in [1.54, 1.807) is 13.4 Å². The van der Waals surface area contributed by atoms with Crippen molar-refractivity contribution in [3.8, 4) is 11.4 Å². The molecule has 0 amide bonds. The van der Waals surface area contributed by atoms with Gasteiger partial charge in [-0.1, -0.05) is 41.9 Å². The van der Waals surface area contributed by atoms with Gasteiger partial charge >= 0.3 is 0 Å². The van der Waals surface area contributed by atoms with Crippen molar-refractivity contribution < 1.29 is 4.74 Å². The lowest BCUT2D eigenvalue weighted by Gasteiger charge is -2.34. The van der Waals surface area contributed by atoms with Crippen molar-refractivity contribution in [1.29, 1.82) is 0 Å². The smallest absolute Gasteiger partial charge is 0.151 e. The molecule has 1 aromatic heterocycles. The molecular formula is C21H24ClN5O. The van der Waals surface area contributed by atoms with E-state index in [1.807, 2.05) is 47.0 Å². The van der Waals surface area contributed by atoms with Crippen LogP contribution in [0.2, 0.25) is 5.02 Å². The van der Waals surface area contributed by atoms with Gasteiger partial charge in [-0.3, -0.25) is 14.4 Å². The largest absolute Gasteiger partial charge is 0.495 e. The number of hydrogen-bond acceptors (Lipinski definition) is 5. The van der Waals surface area contributed by atoms with Crippen LogP contribution in [0.3, 0.4) is 0 Å². The molecule has 7 heteroatoms.